The highest BCUT2D eigenvalue weighted by Gasteiger charge is 2.46. The van der Waals surface area contributed by atoms with Crippen LogP contribution in [0.1, 0.15) is 20.8 Å². The summed E-state index contributed by atoms with van der Waals surface area (Å²) in [6.45, 7) is 18.3. The summed E-state index contributed by atoms with van der Waals surface area (Å²) < 4.78 is 11.1. The van der Waals surface area contributed by atoms with E-state index in [1.54, 1.807) is 19.4 Å². The van der Waals surface area contributed by atoms with Crippen molar-refractivity contribution in [2.24, 2.45) is 0 Å². The zero-order valence-corrected chi connectivity index (χ0v) is 13.2. The van der Waals surface area contributed by atoms with Gasteiger partial charge in [0.15, 0.2) is 0 Å². The van der Waals surface area contributed by atoms with Gasteiger partial charge in [0.05, 0.1) is 19.1 Å². The molecule has 0 aromatic rings. The van der Waals surface area contributed by atoms with Gasteiger partial charge in [0.2, 0.25) is 0 Å². The second kappa shape index (κ2) is 7.26. The molecule has 0 aliphatic heterocycles. The molecular weight excluding hydrogens is 240 g/mol. The van der Waals surface area contributed by atoms with Crippen molar-refractivity contribution in [3.05, 3.63) is 50.0 Å². The molecule has 2 nitrogen and oxygen atoms in total. The Hall–Kier alpha value is -1.22. The van der Waals surface area contributed by atoms with Crippen molar-refractivity contribution in [3.63, 3.8) is 0 Å². The van der Waals surface area contributed by atoms with Crippen molar-refractivity contribution < 1.29 is 9.16 Å². The molecule has 0 N–H and O–H groups in total. The fraction of sp³-hybridized carbons (Fsp3) is 0.467. The fourth-order valence-corrected chi connectivity index (χ4v) is 5.19. The number of ether oxygens (including phenoxy) is 1. The van der Waals surface area contributed by atoms with Crippen molar-refractivity contribution in [1.29, 1.82) is 0 Å². The van der Waals surface area contributed by atoms with E-state index in [1.807, 2.05) is 12.2 Å². The second-order valence-electron chi connectivity index (χ2n) is 5.34. The Bertz CT molecular complexity index is 314. The highest BCUT2D eigenvalue weighted by Crippen LogP contribution is 2.44. The van der Waals surface area contributed by atoms with Gasteiger partial charge in [0.1, 0.15) is 0 Å². The maximum Gasteiger partial charge on any atom is 0.263 e. The van der Waals surface area contributed by atoms with Gasteiger partial charge in [0.25, 0.3) is 8.32 Å². The van der Waals surface area contributed by atoms with Crippen LogP contribution in [0, 0.1) is 0 Å². The maximum absolute atomic E-state index is 6.22. The van der Waals surface area contributed by atoms with Crippen LogP contribution in [0.5, 0.6) is 0 Å². The van der Waals surface area contributed by atoms with E-state index in [-0.39, 0.29) is 5.04 Å². The summed E-state index contributed by atoms with van der Waals surface area (Å²) in [6, 6.07) is 1.75. The molecule has 0 atom stereocenters. The first-order chi connectivity index (χ1) is 8.33. The van der Waals surface area contributed by atoms with Crippen molar-refractivity contribution in [2.75, 3.05) is 7.11 Å². The average Bonchev–Trinajstić information content (AvgIpc) is 2.25. The number of hydrogen-bond donors (Lipinski definition) is 0. The van der Waals surface area contributed by atoms with Gasteiger partial charge in [-0.25, -0.2) is 0 Å². The Labute approximate surface area is 113 Å². The molecule has 0 aliphatic carbocycles. The van der Waals surface area contributed by atoms with Crippen LogP contribution in [0.3, 0.4) is 0 Å². The molecule has 3 heteroatoms. The molecule has 0 radical (unpaired) electrons. The standard InChI is InChI=1S/C15H26O2Si/c1-8-12-18(13-9-2,15(4,5)6)17-14(3)10-11-16-7/h8-11H,1-3,12-13H2,4-7H3/b11-10+. The van der Waals surface area contributed by atoms with Gasteiger partial charge < -0.3 is 9.16 Å². The molecule has 0 fully saturated rings. The van der Waals surface area contributed by atoms with E-state index in [2.05, 4.69) is 40.5 Å². The summed E-state index contributed by atoms with van der Waals surface area (Å²) in [5.74, 6) is 0.641. The monoisotopic (exact) mass is 266 g/mol. The van der Waals surface area contributed by atoms with E-state index in [0.717, 1.165) is 12.1 Å². The Morgan fingerprint density at radius 1 is 1.17 bits per heavy atom. The van der Waals surface area contributed by atoms with E-state index >= 15 is 0 Å². The van der Waals surface area contributed by atoms with Gasteiger partial charge in [-0.1, -0.05) is 39.5 Å². The van der Waals surface area contributed by atoms with Crippen LogP contribution < -0.4 is 0 Å². The van der Waals surface area contributed by atoms with Crippen LogP contribution in [0.15, 0.2) is 50.0 Å². The molecule has 0 bridgehead atoms. The molecule has 0 amide bonds. The minimum Gasteiger partial charge on any atom is -0.543 e. The van der Waals surface area contributed by atoms with Gasteiger partial charge >= 0.3 is 0 Å². The summed E-state index contributed by atoms with van der Waals surface area (Å²) >= 11 is 0. The zero-order valence-electron chi connectivity index (χ0n) is 12.2. The topological polar surface area (TPSA) is 18.5 Å². The van der Waals surface area contributed by atoms with E-state index in [0.29, 0.717) is 5.76 Å². The molecule has 0 heterocycles. The number of rotatable bonds is 8. The van der Waals surface area contributed by atoms with Crippen LogP contribution in [-0.4, -0.2) is 15.4 Å². The summed E-state index contributed by atoms with van der Waals surface area (Å²) in [7, 11) is -0.450. The molecule has 102 valence electrons. The van der Waals surface area contributed by atoms with Gasteiger partial charge in [-0.05, 0) is 17.1 Å². The van der Waals surface area contributed by atoms with Gasteiger partial charge in [-0.3, -0.25) is 0 Å². The molecule has 0 aliphatic rings. The third-order valence-electron chi connectivity index (χ3n) is 3.03. The summed E-state index contributed by atoms with van der Waals surface area (Å²) in [4.78, 5) is 0. The summed E-state index contributed by atoms with van der Waals surface area (Å²) in [5, 5.41) is 0.0826. The van der Waals surface area contributed by atoms with E-state index in [4.69, 9.17) is 9.16 Å². The third-order valence-corrected chi connectivity index (χ3v) is 8.31. The largest absolute Gasteiger partial charge is 0.543 e. The maximum atomic E-state index is 6.22. The zero-order chi connectivity index (χ0) is 14.2. The Kier molecular flexibility index (Phi) is 6.77. The molecule has 18 heavy (non-hydrogen) atoms. The lowest BCUT2D eigenvalue weighted by atomic mass is 10.2. The first-order valence-corrected chi connectivity index (χ1v) is 8.44. The molecule has 0 aromatic heterocycles. The normalized spacial score (nSPS) is 12.2. The lowest BCUT2D eigenvalue weighted by Crippen LogP contribution is -2.45. The molecule has 0 saturated carbocycles. The van der Waals surface area contributed by atoms with Gasteiger partial charge in [-0.2, -0.15) is 0 Å². The molecule has 0 rings (SSSR count). The Morgan fingerprint density at radius 2 is 1.67 bits per heavy atom. The van der Waals surface area contributed by atoms with Crippen molar-refractivity contribution >= 4 is 8.32 Å². The highest BCUT2D eigenvalue weighted by atomic mass is 28.4. The molecular formula is C15H26O2Si. The average molecular weight is 266 g/mol. The Morgan fingerprint density at radius 3 is 2.00 bits per heavy atom. The molecule has 0 saturated heterocycles. The highest BCUT2D eigenvalue weighted by molar-refractivity contribution is 6.77. The van der Waals surface area contributed by atoms with Crippen LogP contribution in [0.4, 0.5) is 0 Å². The first-order valence-electron chi connectivity index (χ1n) is 6.12. The number of methoxy groups -OCH3 is 1. The molecule has 0 spiro atoms. The first kappa shape index (κ1) is 16.8. The van der Waals surface area contributed by atoms with E-state index in [1.165, 1.54) is 0 Å². The Balaban J connectivity index is 5.17. The minimum absolute atomic E-state index is 0.0826. The third kappa shape index (κ3) is 4.57. The lowest BCUT2D eigenvalue weighted by Gasteiger charge is -2.41. The van der Waals surface area contributed by atoms with Crippen LogP contribution in [0.2, 0.25) is 17.1 Å². The predicted molar refractivity (Wildman–Crippen MR) is 81.9 cm³/mol. The lowest BCUT2D eigenvalue weighted by molar-refractivity contribution is 0.332. The molecule has 0 unspecified atom stereocenters. The van der Waals surface area contributed by atoms with Gasteiger partial charge in [0, 0.05) is 6.08 Å². The number of hydrogen-bond acceptors (Lipinski definition) is 2. The smallest absolute Gasteiger partial charge is 0.263 e. The van der Waals surface area contributed by atoms with Crippen LogP contribution in [0.25, 0.3) is 0 Å². The predicted octanol–water partition coefficient (Wildman–Crippen LogP) is 4.79. The van der Waals surface area contributed by atoms with Crippen LogP contribution >= 0.6 is 0 Å². The van der Waals surface area contributed by atoms with E-state index in [9.17, 15) is 0 Å². The van der Waals surface area contributed by atoms with E-state index < -0.39 is 8.32 Å². The van der Waals surface area contributed by atoms with Crippen LogP contribution in [-0.2, 0) is 9.16 Å². The van der Waals surface area contributed by atoms with Crippen molar-refractivity contribution in [3.8, 4) is 0 Å². The minimum atomic E-state index is -2.05. The van der Waals surface area contributed by atoms with Crippen molar-refractivity contribution in [1.82, 2.24) is 0 Å². The van der Waals surface area contributed by atoms with Gasteiger partial charge in [-0.15, -0.1) is 13.2 Å². The summed E-state index contributed by atoms with van der Waals surface area (Å²) in [6.07, 6.45) is 7.20. The SMILES string of the molecule is C=CC[Si](CC=C)(OC(=C)/C=C/OC)C(C)(C)C. The van der Waals surface area contributed by atoms with Crippen molar-refractivity contribution in [2.45, 2.75) is 37.9 Å². The molecule has 0 aromatic carbocycles. The number of allylic oxidation sites excluding steroid dienone is 3. The quantitative estimate of drug-likeness (QED) is 0.272. The fourth-order valence-electron chi connectivity index (χ4n) is 1.83. The second-order valence-corrected chi connectivity index (χ2v) is 9.85. The summed E-state index contributed by atoms with van der Waals surface area (Å²) in [5.41, 5.74) is 0.